The van der Waals surface area contributed by atoms with Crippen LogP contribution in [0.2, 0.25) is 0 Å². The maximum absolute atomic E-state index is 5.66. The molecular weight excluding hydrogens is 224 g/mol. The minimum absolute atomic E-state index is 0.361. The van der Waals surface area contributed by atoms with Crippen LogP contribution in [0.15, 0.2) is 18.2 Å². The molecule has 1 aromatic rings. The Morgan fingerprint density at radius 1 is 1.44 bits per heavy atom. The lowest BCUT2D eigenvalue weighted by molar-refractivity contribution is 0.0815. The summed E-state index contributed by atoms with van der Waals surface area (Å²) in [7, 11) is 2.21. The third-order valence-electron chi connectivity index (χ3n) is 4.26. The molecule has 2 unspecified atom stereocenters. The summed E-state index contributed by atoms with van der Waals surface area (Å²) < 4.78 is 5.66. The van der Waals surface area contributed by atoms with Gasteiger partial charge in [-0.15, -0.1) is 0 Å². The third-order valence-corrected chi connectivity index (χ3v) is 4.26. The Bertz CT molecular complexity index is 433. The van der Waals surface area contributed by atoms with Crippen LogP contribution in [0.4, 0.5) is 5.69 Å². The predicted molar refractivity (Wildman–Crippen MR) is 73.9 cm³/mol. The molecule has 1 aromatic carbocycles. The van der Waals surface area contributed by atoms with Crippen molar-refractivity contribution in [2.75, 3.05) is 25.5 Å². The summed E-state index contributed by atoms with van der Waals surface area (Å²) in [6.07, 6.45) is 2.68. The Balaban J connectivity index is 1.75. The first-order chi connectivity index (χ1) is 8.75. The molecule has 0 saturated carbocycles. The Labute approximate surface area is 109 Å². The van der Waals surface area contributed by atoms with Crippen LogP contribution in [0, 0.1) is 0 Å². The van der Waals surface area contributed by atoms with Crippen molar-refractivity contribution in [3.63, 3.8) is 0 Å². The van der Waals surface area contributed by atoms with Gasteiger partial charge in [-0.3, -0.25) is 4.90 Å². The van der Waals surface area contributed by atoms with Gasteiger partial charge in [-0.2, -0.15) is 0 Å². The zero-order valence-electron chi connectivity index (χ0n) is 11.3. The first kappa shape index (κ1) is 12.0. The van der Waals surface area contributed by atoms with Crippen molar-refractivity contribution >= 4 is 5.69 Å². The van der Waals surface area contributed by atoms with Crippen LogP contribution in [0.25, 0.3) is 0 Å². The molecule has 3 nitrogen and oxygen atoms in total. The molecule has 2 aliphatic rings. The lowest BCUT2D eigenvalue weighted by Crippen LogP contribution is -2.36. The van der Waals surface area contributed by atoms with Crippen LogP contribution in [0.1, 0.15) is 24.5 Å². The van der Waals surface area contributed by atoms with E-state index in [0.29, 0.717) is 12.1 Å². The Morgan fingerprint density at radius 3 is 3.11 bits per heavy atom. The quantitative estimate of drug-likeness (QED) is 0.885. The summed E-state index contributed by atoms with van der Waals surface area (Å²) in [6.45, 7) is 5.18. The number of hydrogen-bond donors (Lipinski definition) is 1. The van der Waals surface area contributed by atoms with E-state index in [4.69, 9.17) is 4.74 Å². The average molecular weight is 246 g/mol. The predicted octanol–water partition coefficient (Wildman–Crippen LogP) is 2.26. The third kappa shape index (κ3) is 2.13. The summed E-state index contributed by atoms with van der Waals surface area (Å²) >= 11 is 0. The van der Waals surface area contributed by atoms with Crippen LogP contribution < -0.4 is 5.32 Å². The number of nitrogens with one attached hydrogen (secondary N) is 1. The fourth-order valence-electron chi connectivity index (χ4n) is 3.23. The van der Waals surface area contributed by atoms with E-state index in [1.165, 1.54) is 16.8 Å². The van der Waals surface area contributed by atoms with Crippen molar-refractivity contribution < 1.29 is 4.74 Å². The first-order valence-electron chi connectivity index (χ1n) is 6.92. The molecule has 1 saturated heterocycles. The molecule has 0 amide bonds. The summed E-state index contributed by atoms with van der Waals surface area (Å²) in [5, 5.41) is 3.52. The minimum atomic E-state index is 0.361. The van der Waals surface area contributed by atoms with Gasteiger partial charge in [0, 0.05) is 31.4 Å². The summed E-state index contributed by atoms with van der Waals surface area (Å²) in [5.41, 5.74) is 4.26. The van der Waals surface area contributed by atoms with E-state index >= 15 is 0 Å². The SMILES string of the molecule is CC1OCCC1N(C)Cc1cccc2c1NCC2. The minimum Gasteiger partial charge on any atom is -0.384 e. The standard InChI is InChI=1S/C15H22N2O/c1-11-14(7-9-18-11)17(2)10-13-5-3-4-12-6-8-16-15(12)13/h3-5,11,14,16H,6-10H2,1-2H3. The number of para-hydroxylation sites is 1. The largest absolute Gasteiger partial charge is 0.384 e. The van der Waals surface area contributed by atoms with Gasteiger partial charge in [-0.05, 0) is 37.9 Å². The van der Waals surface area contributed by atoms with Gasteiger partial charge in [-0.1, -0.05) is 18.2 Å². The molecule has 2 heterocycles. The molecule has 0 spiro atoms. The van der Waals surface area contributed by atoms with E-state index in [1.54, 1.807) is 0 Å². The van der Waals surface area contributed by atoms with Crippen molar-refractivity contribution in [1.82, 2.24) is 4.90 Å². The number of fused-ring (bicyclic) bond motifs is 1. The number of likely N-dealkylation sites (N-methyl/N-ethyl adjacent to an activating group) is 1. The number of anilines is 1. The van der Waals surface area contributed by atoms with E-state index in [-0.39, 0.29) is 0 Å². The lowest BCUT2D eigenvalue weighted by Gasteiger charge is -2.27. The van der Waals surface area contributed by atoms with Crippen molar-refractivity contribution in [3.05, 3.63) is 29.3 Å². The molecule has 0 bridgehead atoms. The fourth-order valence-corrected chi connectivity index (χ4v) is 3.23. The highest BCUT2D eigenvalue weighted by Gasteiger charge is 2.28. The van der Waals surface area contributed by atoms with Gasteiger partial charge in [0.15, 0.2) is 0 Å². The van der Waals surface area contributed by atoms with Crippen molar-refractivity contribution in [2.24, 2.45) is 0 Å². The van der Waals surface area contributed by atoms with Crippen LogP contribution >= 0.6 is 0 Å². The zero-order valence-corrected chi connectivity index (χ0v) is 11.3. The normalized spacial score (nSPS) is 26.4. The van der Waals surface area contributed by atoms with Crippen LogP contribution in [-0.4, -0.2) is 37.2 Å². The summed E-state index contributed by atoms with van der Waals surface area (Å²) in [4.78, 5) is 2.44. The second-order valence-electron chi connectivity index (χ2n) is 5.48. The molecule has 0 radical (unpaired) electrons. The molecule has 0 aliphatic carbocycles. The monoisotopic (exact) mass is 246 g/mol. The van der Waals surface area contributed by atoms with Gasteiger partial charge in [0.05, 0.1) is 6.10 Å². The van der Waals surface area contributed by atoms with Gasteiger partial charge < -0.3 is 10.1 Å². The molecule has 3 rings (SSSR count). The maximum Gasteiger partial charge on any atom is 0.0703 e. The van der Waals surface area contributed by atoms with E-state index in [1.807, 2.05) is 0 Å². The molecule has 0 aromatic heterocycles. The Hall–Kier alpha value is -1.06. The summed E-state index contributed by atoms with van der Waals surface area (Å²) in [6, 6.07) is 7.22. The number of hydrogen-bond acceptors (Lipinski definition) is 3. The Kier molecular flexibility index (Phi) is 3.27. The number of rotatable bonds is 3. The van der Waals surface area contributed by atoms with Crippen molar-refractivity contribution in [2.45, 2.75) is 38.5 Å². The van der Waals surface area contributed by atoms with Gasteiger partial charge in [0.2, 0.25) is 0 Å². The van der Waals surface area contributed by atoms with Gasteiger partial charge in [0.1, 0.15) is 0 Å². The van der Waals surface area contributed by atoms with Gasteiger partial charge in [0.25, 0.3) is 0 Å². The van der Waals surface area contributed by atoms with Gasteiger partial charge in [-0.25, -0.2) is 0 Å². The first-order valence-corrected chi connectivity index (χ1v) is 6.92. The zero-order chi connectivity index (χ0) is 12.5. The molecule has 1 fully saturated rings. The smallest absolute Gasteiger partial charge is 0.0703 e. The van der Waals surface area contributed by atoms with E-state index in [9.17, 15) is 0 Å². The average Bonchev–Trinajstić information content (AvgIpc) is 2.97. The highest BCUT2D eigenvalue weighted by atomic mass is 16.5. The second-order valence-corrected chi connectivity index (χ2v) is 5.48. The second kappa shape index (κ2) is 4.90. The topological polar surface area (TPSA) is 24.5 Å². The number of nitrogens with zero attached hydrogens (tertiary/aromatic N) is 1. The van der Waals surface area contributed by atoms with Crippen LogP contribution in [0.3, 0.4) is 0 Å². The lowest BCUT2D eigenvalue weighted by atomic mass is 10.1. The van der Waals surface area contributed by atoms with E-state index in [0.717, 1.165) is 32.5 Å². The highest BCUT2D eigenvalue weighted by Crippen LogP contribution is 2.28. The summed E-state index contributed by atoms with van der Waals surface area (Å²) in [5.74, 6) is 0. The molecule has 1 N–H and O–H groups in total. The van der Waals surface area contributed by atoms with E-state index < -0.39 is 0 Å². The number of benzene rings is 1. The highest BCUT2D eigenvalue weighted by molar-refractivity contribution is 5.61. The van der Waals surface area contributed by atoms with E-state index in [2.05, 4.69) is 42.4 Å². The van der Waals surface area contributed by atoms with Crippen LogP contribution in [-0.2, 0) is 17.7 Å². The molecule has 18 heavy (non-hydrogen) atoms. The molecular formula is C15H22N2O. The fraction of sp³-hybridized carbons (Fsp3) is 0.600. The molecule has 3 heteroatoms. The van der Waals surface area contributed by atoms with Crippen molar-refractivity contribution in [3.8, 4) is 0 Å². The molecule has 2 atom stereocenters. The van der Waals surface area contributed by atoms with Gasteiger partial charge >= 0.3 is 0 Å². The Morgan fingerprint density at radius 2 is 2.33 bits per heavy atom. The number of ether oxygens (including phenoxy) is 1. The van der Waals surface area contributed by atoms with Crippen molar-refractivity contribution in [1.29, 1.82) is 0 Å². The molecule has 2 aliphatic heterocycles. The molecule has 98 valence electrons. The van der Waals surface area contributed by atoms with Crippen LogP contribution in [0.5, 0.6) is 0 Å². The maximum atomic E-state index is 5.66.